The van der Waals surface area contributed by atoms with E-state index < -0.39 is 17.7 Å². The molecule has 8 heteroatoms. The van der Waals surface area contributed by atoms with E-state index in [0.717, 1.165) is 31.6 Å². The summed E-state index contributed by atoms with van der Waals surface area (Å²) in [5.41, 5.74) is 2.49. The Hall–Kier alpha value is -3.00. The van der Waals surface area contributed by atoms with Gasteiger partial charge in [0.05, 0.1) is 22.5 Å². The van der Waals surface area contributed by atoms with Crippen molar-refractivity contribution in [2.45, 2.75) is 39.2 Å². The fourth-order valence-electron chi connectivity index (χ4n) is 4.64. The lowest BCUT2D eigenvalue weighted by molar-refractivity contribution is -0.140. The highest BCUT2D eigenvalue weighted by Gasteiger charge is 2.47. The highest BCUT2D eigenvalue weighted by molar-refractivity contribution is 6.46. The van der Waals surface area contributed by atoms with Crippen LogP contribution < -0.4 is 0 Å². The molecule has 31 heavy (non-hydrogen) atoms. The number of nitrogens with zero attached hydrogens (tertiary/aromatic N) is 5. The maximum absolute atomic E-state index is 13.1. The maximum Gasteiger partial charge on any atom is 0.295 e. The second-order valence-electron chi connectivity index (χ2n) is 8.32. The van der Waals surface area contributed by atoms with Crippen LogP contribution in [-0.2, 0) is 16.6 Å². The number of Topliss-reactive ketones (excluding diaryl/α,β-unsaturated/α-hetero) is 1. The molecule has 2 saturated heterocycles. The van der Waals surface area contributed by atoms with Gasteiger partial charge in [0.25, 0.3) is 11.7 Å². The van der Waals surface area contributed by atoms with E-state index in [9.17, 15) is 14.7 Å². The Bertz CT molecular complexity index is 1020. The SMILES string of the molecule is Cc1nn(C)c(C)c1/C(O)=C1\C(=O)C(=O)N(CCN2CCCCC2)C1c1ccccn1. The van der Waals surface area contributed by atoms with E-state index in [0.29, 0.717) is 30.0 Å². The first-order valence-electron chi connectivity index (χ1n) is 10.8. The summed E-state index contributed by atoms with van der Waals surface area (Å²) in [5, 5.41) is 15.6. The van der Waals surface area contributed by atoms with Gasteiger partial charge < -0.3 is 14.9 Å². The van der Waals surface area contributed by atoms with Gasteiger partial charge in [-0.25, -0.2) is 0 Å². The molecule has 0 bridgehead atoms. The first kappa shape index (κ1) is 21.2. The molecule has 4 rings (SSSR count). The normalized spacial score (nSPS) is 21.8. The largest absolute Gasteiger partial charge is 0.507 e. The molecule has 1 unspecified atom stereocenters. The van der Waals surface area contributed by atoms with Gasteiger partial charge >= 0.3 is 0 Å². The lowest BCUT2D eigenvalue weighted by Crippen LogP contribution is -2.40. The number of aliphatic hydroxyl groups excluding tert-OH is 1. The molecule has 0 aliphatic carbocycles. The van der Waals surface area contributed by atoms with Gasteiger partial charge in [-0.3, -0.25) is 19.3 Å². The van der Waals surface area contributed by atoms with Crippen molar-refractivity contribution in [3.8, 4) is 0 Å². The van der Waals surface area contributed by atoms with Crippen LogP contribution in [0, 0.1) is 13.8 Å². The summed E-state index contributed by atoms with van der Waals surface area (Å²) in [4.78, 5) is 34.5. The topological polar surface area (TPSA) is 91.6 Å². The lowest BCUT2D eigenvalue weighted by Gasteiger charge is -2.30. The van der Waals surface area contributed by atoms with Gasteiger partial charge in [-0.2, -0.15) is 5.10 Å². The highest BCUT2D eigenvalue weighted by atomic mass is 16.3. The van der Waals surface area contributed by atoms with Crippen molar-refractivity contribution in [2.24, 2.45) is 7.05 Å². The second kappa shape index (κ2) is 8.63. The number of aromatic nitrogens is 3. The standard InChI is InChI=1S/C23H29N5O3/c1-15-18(16(2)26(3)25-15)21(29)19-20(17-9-5-6-10-24-17)28(23(31)22(19)30)14-13-27-11-7-4-8-12-27/h5-6,9-10,20,29H,4,7-8,11-14H2,1-3H3/b21-19+. The van der Waals surface area contributed by atoms with Crippen molar-refractivity contribution in [3.63, 3.8) is 0 Å². The van der Waals surface area contributed by atoms with E-state index in [1.807, 2.05) is 13.0 Å². The molecule has 2 aromatic heterocycles. The van der Waals surface area contributed by atoms with Crippen molar-refractivity contribution >= 4 is 17.4 Å². The molecule has 2 aliphatic heterocycles. The minimum absolute atomic E-state index is 0.0848. The molecule has 2 aromatic rings. The molecule has 8 nitrogen and oxygen atoms in total. The Labute approximate surface area is 182 Å². The van der Waals surface area contributed by atoms with Crippen LogP contribution in [0.15, 0.2) is 30.0 Å². The number of aliphatic hydroxyl groups is 1. The summed E-state index contributed by atoms with van der Waals surface area (Å²) >= 11 is 0. The van der Waals surface area contributed by atoms with Gasteiger partial charge in [0.1, 0.15) is 11.8 Å². The molecular formula is C23H29N5O3. The van der Waals surface area contributed by atoms with Crippen LogP contribution in [0.25, 0.3) is 5.76 Å². The minimum atomic E-state index is -0.718. The maximum atomic E-state index is 13.1. The number of hydrogen-bond donors (Lipinski definition) is 1. The van der Waals surface area contributed by atoms with E-state index in [2.05, 4.69) is 15.0 Å². The molecule has 1 amide bonds. The monoisotopic (exact) mass is 423 g/mol. The molecule has 0 radical (unpaired) electrons. The van der Waals surface area contributed by atoms with Gasteiger partial charge in [0.2, 0.25) is 0 Å². The van der Waals surface area contributed by atoms with Crippen molar-refractivity contribution in [1.82, 2.24) is 24.6 Å². The van der Waals surface area contributed by atoms with Gasteiger partial charge in [-0.05, 0) is 51.9 Å². The molecule has 1 N–H and O–H groups in total. The molecule has 0 spiro atoms. The average Bonchev–Trinajstić information content (AvgIpc) is 3.18. The molecule has 2 fully saturated rings. The number of carbonyl (C=O) groups excluding carboxylic acids is 2. The Morgan fingerprint density at radius 1 is 1.13 bits per heavy atom. The van der Waals surface area contributed by atoms with Gasteiger partial charge in [0.15, 0.2) is 0 Å². The molecule has 164 valence electrons. The van der Waals surface area contributed by atoms with Gasteiger partial charge in [-0.15, -0.1) is 0 Å². The highest BCUT2D eigenvalue weighted by Crippen LogP contribution is 2.39. The predicted molar refractivity (Wildman–Crippen MR) is 116 cm³/mol. The Kier molecular flexibility index (Phi) is 5.91. The average molecular weight is 424 g/mol. The van der Waals surface area contributed by atoms with Crippen LogP contribution in [0.3, 0.4) is 0 Å². The van der Waals surface area contributed by atoms with E-state index >= 15 is 0 Å². The zero-order valence-electron chi connectivity index (χ0n) is 18.3. The number of ketones is 1. The lowest BCUT2D eigenvalue weighted by atomic mass is 9.97. The molecular weight excluding hydrogens is 394 g/mol. The number of amides is 1. The van der Waals surface area contributed by atoms with E-state index in [1.165, 1.54) is 6.42 Å². The van der Waals surface area contributed by atoms with E-state index in [1.54, 1.807) is 41.9 Å². The molecule has 2 aliphatic rings. The van der Waals surface area contributed by atoms with E-state index in [-0.39, 0.29) is 11.3 Å². The predicted octanol–water partition coefficient (Wildman–Crippen LogP) is 2.34. The van der Waals surface area contributed by atoms with Gasteiger partial charge in [-0.1, -0.05) is 12.5 Å². The second-order valence-corrected chi connectivity index (χ2v) is 8.32. The summed E-state index contributed by atoms with van der Waals surface area (Å²) in [6.07, 6.45) is 5.18. The Morgan fingerprint density at radius 3 is 2.48 bits per heavy atom. The summed E-state index contributed by atoms with van der Waals surface area (Å²) in [6, 6.07) is 4.69. The summed E-state index contributed by atoms with van der Waals surface area (Å²) in [5.74, 6) is -1.44. The number of pyridine rings is 1. The third-order valence-corrected chi connectivity index (χ3v) is 6.36. The smallest absolute Gasteiger partial charge is 0.295 e. The van der Waals surface area contributed by atoms with E-state index in [4.69, 9.17) is 0 Å². The molecule has 1 atom stereocenters. The fourth-order valence-corrected chi connectivity index (χ4v) is 4.64. The first-order chi connectivity index (χ1) is 14.9. The molecule has 0 aromatic carbocycles. The number of carbonyl (C=O) groups is 2. The zero-order valence-corrected chi connectivity index (χ0v) is 18.3. The van der Waals surface area contributed by atoms with Crippen LogP contribution in [0.5, 0.6) is 0 Å². The van der Waals surface area contributed by atoms with Crippen LogP contribution in [-0.4, -0.2) is 67.5 Å². The summed E-state index contributed by atoms with van der Waals surface area (Å²) in [7, 11) is 1.78. The molecule has 0 saturated carbocycles. The third kappa shape index (κ3) is 3.87. The minimum Gasteiger partial charge on any atom is -0.507 e. The molecule has 4 heterocycles. The third-order valence-electron chi connectivity index (χ3n) is 6.36. The zero-order chi connectivity index (χ0) is 22.1. The van der Waals surface area contributed by atoms with Crippen LogP contribution >= 0.6 is 0 Å². The fraction of sp³-hybridized carbons (Fsp3) is 0.478. The van der Waals surface area contributed by atoms with Crippen molar-refractivity contribution < 1.29 is 14.7 Å². The number of likely N-dealkylation sites (tertiary alicyclic amines) is 2. The van der Waals surface area contributed by atoms with Crippen molar-refractivity contribution in [1.29, 1.82) is 0 Å². The van der Waals surface area contributed by atoms with Crippen molar-refractivity contribution in [2.75, 3.05) is 26.2 Å². The quantitative estimate of drug-likeness (QED) is 0.451. The van der Waals surface area contributed by atoms with Crippen LogP contribution in [0.1, 0.15) is 47.9 Å². The Morgan fingerprint density at radius 2 is 1.87 bits per heavy atom. The number of aryl methyl sites for hydroxylation is 2. The van der Waals surface area contributed by atoms with Crippen LogP contribution in [0.2, 0.25) is 0 Å². The van der Waals surface area contributed by atoms with Crippen LogP contribution in [0.4, 0.5) is 0 Å². The number of rotatable bonds is 5. The summed E-state index contributed by atoms with van der Waals surface area (Å²) in [6.45, 7) is 6.73. The number of hydrogen-bond acceptors (Lipinski definition) is 6. The van der Waals surface area contributed by atoms with Gasteiger partial charge in [0, 0.05) is 32.0 Å². The summed E-state index contributed by atoms with van der Waals surface area (Å²) < 4.78 is 1.66. The Balaban J connectivity index is 1.76. The first-order valence-corrected chi connectivity index (χ1v) is 10.8. The number of piperidine rings is 1. The van der Waals surface area contributed by atoms with Crippen molar-refractivity contribution in [3.05, 3.63) is 52.6 Å².